The number of benzene rings is 1. The second-order valence-electron chi connectivity index (χ2n) is 3.73. The Morgan fingerprint density at radius 2 is 2.29 bits per heavy atom. The lowest BCUT2D eigenvalue weighted by molar-refractivity contribution is -0.387. The van der Waals surface area contributed by atoms with E-state index >= 15 is 0 Å². The Bertz CT molecular complexity index is 566. The molecule has 1 aromatic carbocycles. The van der Waals surface area contributed by atoms with Crippen LogP contribution in [0.15, 0.2) is 30.7 Å². The molecule has 0 aliphatic carbocycles. The summed E-state index contributed by atoms with van der Waals surface area (Å²) in [6, 6.07) is 3.89. The Morgan fingerprint density at radius 1 is 1.53 bits per heavy atom. The number of imidazole rings is 1. The highest BCUT2D eigenvalue weighted by atomic mass is 19.1. The normalized spacial score (nSPS) is 10.5. The Kier molecular flexibility index (Phi) is 2.86. The van der Waals surface area contributed by atoms with Crippen LogP contribution in [-0.2, 0) is 6.54 Å². The SMILES string of the molecule is Cc1cn(Cc2ccc([N+](=O)[O-])c(F)c2)cn1. The molecule has 0 saturated carbocycles. The van der Waals surface area contributed by atoms with Crippen molar-refractivity contribution < 1.29 is 9.31 Å². The van der Waals surface area contributed by atoms with Crippen LogP contribution in [0, 0.1) is 22.9 Å². The molecule has 0 aliphatic heterocycles. The van der Waals surface area contributed by atoms with Gasteiger partial charge in [0.1, 0.15) is 0 Å². The van der Waals surface area contributed by atoms with Gasteiger partial charge in [-0.05, 0) is 18.6 Å². The lowest BCUT2D eigenvalue weighted by atomic mass is 10.2. The van der Waals surface area contributed by atoms with Crippen molar-refractivity contribution in [3.05, 3.63) is 57.9 Å². The summed E-state index contributed by atoms with van der Waals surface area (Å²) in [4.78, 5) is 13.8. The first-order chi connectivity index (χ1) is 8.06. The number of aromatic nitrogens is 2. The number of nitrogens with zero attached hydrogens (tertiary/aromatic N) is 3. The van der Waals surface area contributed by atoms with Crippen LogP contribution in [-0.4, -0.2) is 14.5 Å². The molecule has 1 aromatic heterocycles. The quantitative estimate of drug-likeness (QED) is 0.605. The average molecular weight is 235 g/mol. The van der Waals surface area contributed by atoms with E-state index in [9.17, 15) is 14.5 Å². The highest BCUT2D eigenvalue weighted by Crippen LogP contribution is 2.18. The predicted molar refractivity (Wildman–Crippen MR) is 59.1 cm³/mol. The van der Waals surface area contributed by atoms with Crippen molar-refractivity contribution in [3.63, 3.8) is 0 Å². The van der Waals surface area contributed by atoms with Gasteiger partial charge in [-0.25, -0.2) is 4.98 Å². The molecule has 1 heterocycles. The molecule has 2 aromatic rings. The number of hydrogen-bond donors (Lipinski definition) is 0. The van der Waals surface area contributed by atoms with E-state index in [1.54, 1.807) is 10.9 Å². The van der Waals surface area contributed by atoms with Gasteiger partial charge in [-0.3, -0.25) is 10.1 Å². The van der Waals surface area contributed by atoms with E-state index in [0.717, 1.165) is 5.69 Å². The summed E-state index contributed by atoms with van der Waals surface area (Å²) < 4.78 is 15.1. The molecule has 0 spiro atoms. The van der Waals surface area contributed by atoms with Crippen LogP contribution in [0.2, 0.25) is 0 Å². The molecular weight excluding hydrogens is 225 g/mol. The van der Waals surface area contributed by atoms with Crippen molar-refractivity contribution in [1.29, 1.82) is 0 Å². The molecule has 0 saturated heterocycles. The fourth-order valence-corrected chi connectivity index (χ4v) is 1.57. The Balaban J connectivity index is 2.23. The maximum absolute atomic E-state index is 13.3. The molecule has 0 fully saturated rings. The van der Waals surface area contributed by atoms with Gasteiger partial charge in [-0.2, -0.15) is 4.39 Å². The largest absolute Gasteiger partial charge is 0.333 e. The minimum Gasteiger partial charge on any atom is -0.333 e. The molecule has 0 bridgehead atoms. The zero-order chi connectivity index (χ0) is 12.4. The summed E-state index contributed by atoms with van der Waals surface area (Å²) in [6.07, 6.45) is 3.45. The van der Waals surface area contributed by atoms with Gasteiger partial charge in [0.25, 0.3) is 0 Å². The maximum atomic E-state index is 13.3. The molecule has 2 rings (SSSR count). The fraction of sp³-hybridized carbons (Fsp3) is 0.182. The highest BCUT2D eigenvalue weighted by Gasteiger charge is 2.13. The van der Waals surface area contributed by atoms with Crippen molar-refractivity contribution in [3.8, 4) is 0 Å². The Morgan fingerprint density at radius 3 is 2.82 bits per heavy atom. The third-order valence-electron chi connectivity index (χ3n) is 2.34. The van der Waals surface area contributed by atoms with Crippen molar-refractivity contribution in [2.75, 3.05) is 0 Å². The molecule has 0 atom stereocenters. The number of halogens is 1. The summed E-state index contributed by atoms with van der Waals surface area (Å²) in [5.74, 6) is -0.815. The topological polar surface area (TPSA) is 61.0 Å². The molecule has 6 heteroatoms. The summed E-state index contributed by atoms with van der Waals surface area (Å²) >= 11 is 0. The monoisotopic (exact) mass is 235 g/mol. The summed E-state index contributed by atoms with van der Waals surface area (Å²) in [5, 5.41) is 10.4. The number of hydrogen-bond acceptors (Lipinski definition) is 3. The van der Waals surface area contributed by atoms with E-state index in [1.165, 1.54) is 18.2 Å². The molecule has 5 nitrogen and oxygen atoms in total. The average Bonchev–Trinajstić information content (AvgIpc) is 2.63. The number of rotatable bonds is 3. The van der Waals surface area contributed by atoms with Gasteiger partial charge in [0, 0.05) is 18.8 Å². The second kappa shape index (κ2) is 4.32. The van der Waals surface area contributed by atoms with E-state index in [-0.39, 0.29) is 0 Å². The van der Waals surface area contributed by atoms with Crippen LogP contribution in [0.1, 0.15) is 11.3 Å². The smallest absolute Gasteiger partial charge is 0.304 e. The van der Waals surface area contributed by atoms with Crippen LogP contribution >= 0.6 is 0 Å². The first-order valence-electron chi connectivity index (χ1n) is 4.97. The lowest BCUT2D eigenvalue weighted by Crippen LogP contribution is -1.99. The first-order valence-corrected chi connectivity index (χ1v) is 4.97. The van der Waals surface area contributed by atoms with E-state index < -0.39 is 16.4 Å². The van der Waals surface area contributed by atoms with E-state index in [4.69, 9.17) is 0 Å². The maximum Gasteiger partial charge on any atom is 0.304 e. The standard InChI is InChI=1S/C11H10FN3O2/c1-8-5-14(7-13-8)6-9-2-3-11(15(16)17)10(12)4-9/h2-5,7H,6H2,1H3. The third kappa shape index (κ3) is 2.47. The second-order valence-corrected chi connectivity index (χ2v) is 3.73. The molecular formula is C11H10FN3O2. The fourth-order valence-electron chi connectivity index (χ4n) is 1.57. The van der Waals surface area contributed by atoms with Crippen LogP contribution in [0.25, 0.3) is 0 Å². The van der Waals surface area contributed by atoms with Crippen molar-refractivity contribution in [1.82, 2.24) is 9.55 Å². The summed E-state index contributed by atoms with van der Waals surface area (Å²) in [5.41, 5.74) is 1.02. The van der Waals surface area contributed by atoms with E-state index in [0.29, 0.717) is 12.1 Å². The minimum absolute atomic E-state index is 0.440. The summed E-state index contributed by atoms with van der Waals surface area (Å²) in [6.45, 7) is 2.29. The number of aryl methyl sites for hydroxylation is 1. The highest BCUT2D eigenvalue weighted by molar-refractivity contribution is 5.35. The van der Waals surface area contributed by atoms with E-state index in [1.807, 2.05) is 13.1 Å². The van der Waals surface area contributed by atoms with Crippen LogP contribution < -0.4 is 0 Å². The van der Waals surface area contributed by atoms with Gasteiger partial charge in [0.2, 0.25) is 5.82 Å². The molecule has 17 heavy (non-hydrogen) atoms. The molecule has 0 unspecified atom stereocenters. The van der Waals surface area contributed by atoms with E-state index in [2.05, 4.69) is 4.98 Å². The van der Waals surface area contributed by atoms with Crippen molar-refractivity contribution in [2.45, 2.75) is 13.5 Å². The molecule has 0 N–H and O–H groups in total. The molecule has 88 valence electrons. The lowest BCUT2D eigenvalue weighted by Gasteiger charge is -2.02. The van der Waals surface area contributed by atoms with Gasteiger partial charge < -0.3 is 4.57 Å². The third-order valence-corrected chi connectivity index (χ3v) is 2.34. The molecule has 0 aliphatic rings. The van der Waals surface area contributed by atoms with Crippen LogP contribution in [0.4, 0.5) is 10.1 Å². The molecule has 0 amide bonds. The van der Waals surface area contributed by atoms with Gasteiger partial charge in [-0.1, -0.05) is 6.07 Å². The predicted octanol–water partition coefficient (Wildman–Crippen LogP) is 2.29. The zero-order valence-corrected chi connectivity index (χ0v) is 9.13. The van der Waals surface area contributed by atoms with Gasteiger partial charge in [0.05, 0.1) is 16.9 Å². The van der Waals surface area contributed by atoms with Crippen LogP contribution in [0.5, 0.6) is 0 Å². The minimum atomic E-state index is -0.815. The Hall–Kier alpha value is -2.24. The first kappa shape index (κ1) is 11.3. The molecule has 0 radical (unpaired) electrons. The van der Waals surface area contributed by atoms with Gasteiger partial charge in [-0.15, -0.1) is 0 Å². The van der Waals surface area contributed by atoms with Crippen molar-refractivity contribution in [2.24, 2.45) is 0 Å². The summed E-state index contributed by atoms with van der Waals surface area (Å²) in [7, 11) is 0. The van der Waals surface area contributed by atoms with Gasteiger partial charge in [0.15, 0.2) is 0 Å². The number of nitro groups is 1. The zero-order valence-electron chi connectivity index (χ0n) is 9.13. The van der Waals surface area contributed by atoms with Crippen LogP contribution in [0.3, 0.4) is 0 Å². The van der Waals surface area contributed by atoms with Crippen molar-refractivity contribution >= 4 is 5.69 Å². The Labute approximate surface area is 96.7 Å². The van der Waals surface area contributed by atoms with Gasteiger partial charge >= 0.3 is 5.69 Å². The number of nitro benzene ring substituents is 1.